The fraction of sp³-hybridized carbons (Fsp3) is 0.125. The Balaban J connectivity index is 3.18. The Morgan fingerprint density at radius 1 is 1.17 bits per heavy atom. The molecule has 0 saturated heterocycles. The molecule has 0 N–H and O–H groups in total. The van der Waals surface area contributed by atoms with Gasteiger partial charge in [0, 0.05) is 21.5 Å². The molecule has 0 aromatic heterocycles. The van der Waals surface area contributed by atoms with Crippen LogP contribution in [0.5, 0.6) is 0 Å². The van der Waals surface area contributed by atoms with Crippen molar-refractivity contribution in [3.05, 3.63) is 32.8 Å². The maximum Gasteiger partial charge on any atom is 0.203 e. The number of hydrogen-bond acceptors (Lipinski definition) is 1. The Morgan fingerprint density at radius 3 is 2.08 bits per heavy atom. The molecule has 0 bridgehead atoms. The largest absolute Gasteiger partial charge is 0.291 e. The Morgan fingerprint density at radius 2 is 1.67 bits per heavy atom. The molecule has 0 fully saturated rings. The van der Waals surface area contributed by atoms with Crippen molar-refractivity contribution in [1.82, 2.24) is 0 Å². The van der Waals surface area contributed by atoms with Crippen LogP contribution in [0.3, 0.4) is 0 Å². The van der Waals surface area contributed by atoms with Gasteiger partial charge in [-0.05, 0) is 17.7 Å². The van der Waals surface area contributed by atoms with Crippen LogP contribution in [0.25, 0.3) is 0 Å². The molecule has 0 heterocycles. The van der Waals surface area contributed by atoms with Gasteiger partial charge in [-0.15, -0.1) is 0 Å². The summed E-state index contributed by atoms with van der Waals surface area (Å²) in [4.78, 5) is 10.1. The first-order valence-corrected chi connectivity index (χ1v) is 4.27. The van der Waals surface area contributed by atoms with E-state index in [2.05, 4.69) is 0 Å². The highest BCUT2D eigenvalue weighted by atomic mass is 35.5. The van der Waals surface area contributed by atoms with Gasteiger partial charge in [0.15, 0.2) is 0 Å². The van der Waals surface area contributed by atoms with E-state index < -0.39 is 0 Å². The summed E-state index contributed by atoms with van der Waals surface area (Å²) in [7, 11) is 0. The van der Waals surface area contributed by atoms with Crippen molar-refractivity contribution in [2.45, 2.75) is 6.42 Å². The van der Waals surface area contributed by atoms with E-state index in [-0.39, 0.29) is 6.42 Å². The van der Waals surface area contributed by atoms with Crippen LogP contribution in [-0.2, 0) is 11.2 Å². The number of rotatable bonds is 2. The van der Waals surface area contributed by atoms with Crippen LogP contribution < -0.4 is 0 Å². The first-order chi connectivity index (χ1) is 5.65. The van der Waals surface area contributed by atoms with Crippen LogP contribution in [0, 0.1) is 0 Å². The fourth-order valence-corrected chi connectivity index (χ4v) is 1.76. The van der Waals surface area contributed by atoms with Crippen molar-refractivity contribution in [3.63, 3.8) is 0 Å². The van der Waals surface area contributed by atoms with Gasteiger partial charge < -0.3 is 0 Å². The maximum atomic E-state index is 10.1. The van der Waals surface area contributed by atoms with E-state index in [0.29, 0.717) is 20.6 Å². The highest BCUT2D eigenvalue weighted by Crippen LogP contribution is 2.28. The van der Waals surface area contributed by atoms with E-state index in [0.717, 1.165) is 0 Å². The van der Waals surface area contributed by atoms with E-state index in [1.165, 1.54) is 0 Å². The van der Waals surface area contributed by atoms with Gasteiger partial charge in [-0.2, -0.15) is 0 Å². The summed E-state index contributed by atoms with van der Waals surface area (Å²) in [5.41, 5.74) is 0.567. The first kappa shape index (κ1) is 9.85. The minimum absolute atomic E-state index is 0.0921. The molecular formula is C8H4Cl3O. The molecule has 0 unspecified atom stereocenters. The van der Waals surface area contributed by atoms with Crippen molar-refractivity contribution >= 4 is 41.1 Å². The maximum absolute atomic E-state index is 10.1. The van der Waals surface area contributed by atoms with E-state index in [1.54, 1.807) is 18.4 Å². The third-order valence-electron chi connectivity index (χ3n) is 1.35. The zero-order chi connectivity index (χ0) is 9.14. The van der Waals surface area contributed by atoms with Crippen molar-refractivity contribution in [2.24, 2.45) is 0 Å². The van der Waals surface area contributed by atoms with Crippen molar-refractivity contribution in [1.29, 1.82) is 0 Å². The van der Waals surface area contributed by atoms with E-state index >= 15 is 0 Å². The van der Waals surface area contributed by atoms with Crippen molar-refractivity contribution in [2.75, 3.05) is 0 Å². The minimum Gasteiger partial charge on any atom is -0.291 e. The zero-order valence-electron chi connectivity index (χ0n) is 5.90. The Labute approximate surface area is 85.2 Å². The molecule has 0 amide bonds. The SMILES string of the molecule is O=[C]Cc1c(Cl)cc(Cl)cc1Cl. The van der Waals surface area contributed by atoms with Gasteiger partial charge in [0.05, 0.1) is 0 Å². The molecule has 1 aromatic carbocycles. The molecule has 0 aliphatic heterocycles. The van der Waals surface area contributed by atoms with Gasteiger partial charge in [-0.1, -0.05) is 34.8 Å². The van der Waals surface area contributed by atoms with Gasteiger partial charge >= 0.3 is 0 Å². The third-order valence-corrected chi connectivity index (χ3v) is 2.25. The smallest absolute Gasteiger partial charge is 0.203 e. The van der Waals surface area contributed by atoms with Gasteiger partial charge in [-0.25, -0.2) is 0 Å². The zero-order valence-corrected chi connectivity index (χ0v) is 8.17. The van der Waals surface area contributed by atoms with E-state index in [1.807, 2.05) is 0 Å². The summed E-state index contributed by atoms with van der Waals surface area (Å²) in [6.45, 7) is 0. The summed E-state index contributed by atoms with van der Waals surface area (Å²) in [5, 5.41) is 1.26. The summed E-state index contributed by atoms with van der Waals surface area (Å²) in [6.07, 6.45) is 1.82. The minimum atomic E-state index is 0.0921. The molecule has 1 aromatic rings. The van der Waals surface area contributed by atoms with Crippen LogP contribution in [0.15, 0.2) is 12.1 Å². The molecule has 1 nitrogen and oxygen atoms in total. The standard InChI is InChI=1S/C8H4Cl3O/c9-5-3-7(10)6(1-2-12)8(11)4-5/h3-4H,1H2. The number of carbonyl (C=O) groups excluding carboxylic acids is 1. The average Bonchev–Trinajstić information content (AvgIpc) is 1.96. The van der Waals surface area contributed by atoms with Gasteiger partial charge in [0.25, 0.3) is 0 Å². The van der Waals surface area contributed by atoms with Gasteiger partial charge in [0.2, 0.25) is 6.29 Å². The average molecular weight is 222 g/mol. The monoisotopic (exact) mass is 221 g/mol. The molecule has 0 aliphatic rings. The number of halogens is 3. The normalized spacial score (nSPS) is 9.92. The second kappa shape index (κ2) is 4.13. The topological polar surface area (TPSA) is 17.1 Å². The summed E-state index contributed by atoms with van der Waals surface area (Å²) < 4.78 is 0. The Hall–Kier alpha value is -0.240. The number of benzene rings is 1. The lowest BCUT2D eigenvalue weighted by Gasteiger charge is -2.02. The predicted molar refractivity (Wildman–Crippen MR) is 50.9 cm³/mol. The lowest BCUT2D eigenvalue weighted by Crippen LogP contribution is -1.88. The number of hydrogen-bond donors (Lipinski definition) is 0. The van der Waals surface area contributed by atoms with E-state index in [9.17, 15) is 4.79 Å². The highest BCUT2D eigenvalue weighted by molar-refractivity contribution is 6.39. The Bertz CT molecular complexity index is 286. The second-order valence-electron chi connectivity index (χ2n) is 2.17. The van der Waals surface area contributed by atoms with Crippen LogP contribution in [0.2, 0.25) is 15.1 Å². The molecule has 0 saturated carbocycles. The van der Waals surface area contributed by atoms with Crippen LogP contribution in [0.1, 0.15) is 5.56 Å². The molecule has 63 valence electrons. The fourth-order valence-electron chi connectivity index (χ4n) is 0.813. The van der Waals surface area contributed by atoms with E-state index in [4.69, 9.17) is 34.8 Å². The predicted octanol–water partition coefficient (Wildman–Crippen LogP) is 3.30. The van der Waals surface area contributed by atoms with Crippen LogP contribution >= 0.6 is 34.8 Å². The second-order valence-corrected chi connectivity index (χ2v) is 3.42. The van der Waals surface area contributed by atoms with Gasteiger partial charge in [-0.3, -0.25) is 4.79 Å². The van der Waals surface area contributed by atoms with Crippen molar-refractivity contribution in [3.8, 4) is 0 Å². The molecule has 1 radical (unpaired) electrons. The Kier molecular flexibility index (Phi) is 3.39. The quantitative estimate of drug-likeness (QED) is 0.750. The molecule has 0 atom stereocenters. The van der Waals surface area contributed by atoms with Crippen LogP contribution in [-0.4, -0.2) is 6.29 Å². The molecule has 1 rings (SSSR count). The summed E-state index contributed by atoms with van der Waals surface area (Å²) >= 11 is 17.2. The highest BCUT2D eigenvalue weighted by Gasteiger charge is 2.06. The first-order valence-electron chi connectivity index (χ1n) is 3.13. The summed E-state index contributed by atoms with van der Waals surface area (Å²) in [5.74, 6) is 0. The van der Waals surface area contributed by atoms with Crippen LogP contribution in [0.4, 0.5) is 0 Å². The lowest BCUT2D eigenvalue weighted by atomic mass is 10.2. The molecule has 0 aliphatic carbocycles. The molecule has 12 heavy (non-hydrogen) atoms. The molecular weight excluding hydrogens is 218 g/mol. The lowest BCUT2D eigenvalue weighted by molar-refractivity contribution is 0.555. The third kappa shape index (κ3) is 2.13. The summed E-state index contributed by atoms with van der Waals surface area (Å²) in [6, 6.07) is 3.09. The van der Waals surface area contributed by atoms with Crippen molar-refractivity contribution < 1.29 is 4.79 Å². The van der Waals surface area contributed by atoms with Gasteiger partial charge in [0.1, 0.15) is 0 Å². The molecule has 0 spiro atoms. The molecule has 4 heteroatoms.